The first kappa shape index (κ1) is 12.0. The molecule has 0 N–H and O–H groups in total. The van der Waals surface area contributed by atoms with Crippen LogP contribution in [0.3, 0.4) is 0 Å². The van der Waals surface area contributed by atoms with Crippen molar-refractivity contribution in [2.75, 3.05) is 20.1 Å². The largest absolute Gasteiger partial charge is 0.306 e. The van der Waals surface area contributed by atoms with Gasteiger partial charge in [-0.1, -0.05) is 34.1 Å². The number of hydrogen-bond acceptors (Lipinski definition) is 1. The fourth-order valence-electron chi connectivity index (χ4n) is 2.99. The molecular weight excluding hydrogens is 170 g/mol. The molecule has 2 atom stereocenters. The molecule has 0 aliphatic carbocycles. The molecule has 1 saturated heterocycles. The maximum absolute atomic E-state index is 2.50. The second-order valence-electron chi connectivity index (χ2n) is 6.04. The summed E-state index contributed by atoms with van der Waals surface area (Å²) in [6, 6.07) is 0. The van der Waals surface area contributed by atoms with E-state index in [0.29, 0.717) is 5.41 Å². The number of hydrogen-bond donors (Lipinski definition) is 0. The summed E-state index contributed by atoms with van der Waals surface area (Å²) in [6.45, 7) is 12.2. The van der Waals surface area contributed by atoms with Crippen molar-refractivity contribution in [1.82, 2.24) is 4.90 Å². The van der Waals surface area contributed by atoms with Gasteiger partial charge in [0.05, 0.1) is 0 Å². The number of likely N-dealkylation sites (tertiary alicyclic amines) is 1. The van der Waals surface area contributed by atoms with Crippen molar-refractivity contribution < 1.29 is 0 Å². The Morgan fingerprint density at radius 1 is 1.36 bits per heavy atom. The summed E-state index contributed by atoms with van der Waals surface area (Å²) in [6.07, 6.45) is 4.13. The topological polar surface area (TPSA) is 3.24 Å². The maximum atomic E-state index is 2.50. The highest BCUT2D eigenvalue weighted by Gasteiger charge is 2.29. The molecular formula is C13H27N. The summed E-state index contributed by atoms with van der Waals surface area (Å²) in [5.74, 6) is 1.85. The highest BCUT2D eigenvalue weighted by molar-refractivity contribution is 4.81. The van der Waals surface area contributed by atoms with E-state index < -0.39 is 0 Å². The molecule has 1 rings (SSSR count). The van der Waals surface area contributed by atoms with Gasteiger partial charge in [0.2, 0.25) is 0 Å². The Hall–Kier alpha value is -0.0400. The first-order chi connectivity index (χ1) is 6.44. The van der Waals surface area contributed by atoms with E-state index in [9.17, 15) is 0 Å². The molecule has 2 unspecified atom stereocenters. The van der Waals surface area contributed by atoms with Crippen LogP contribution in [0.1, 0.15) is 47.0 Å². The van der Waals surface area contributed by atoms with Crippen LogP contribution in [0, 0.1) is 17.3 Å². The summed E-state index contributed by atoms with van der Waals surface area (Å²) < 4.78 is 0. The first-order valence-corrected chi connectivity index (χ1v) is 6.13. The van der Waals surface area contributed by atoms with Crippen molar-refractivity contribution >= 4 is 0 Å². The molecule has 1 aliphatic rings. The zero-order valence-electron chi connectivity index (χ0n) is 10.6. The third-order valence-corrected chi connectivity index (χ3v) is 3.81. The third kappa shape index (κ3) is 3.27. The van der Waals surface area contributed by atoms with Crippen LogP contribution in [0.15, 0.2) is 0 Å². The summed E-state index contributed by atoms with van der Waals surface area (Å²) in [4.78, 5) is 2.50. The molecule has 84 valence electrons. The van der Waals surface area contributed by atoms with Crippen molar-refractivity contribution in [2.24, 2.45) is 17.3 Å². The molecule has 1 fully saturated rings. The van der Waals surface area contributed by atoms with Gasteiger partial charge in [-0.05, 0) is 43.7 Å². The zero-order chi connectivity index (χ0) is 10.8. The van der Waals surface area contributed by atoms with E-state index >= 15 is 0 Å². The standard InChI is InChI=1S/C13H27N/c1-6-12-9-13(3,4)10-14(5)8-7-11(12)2/h11-12H,6-10H2,1-5H3. The van der Waals surface area contributed by atoms with E-state index in [2.05, 4.69) is 39.6 Å². The lowest BCUT2D eigenvalue weighted by atomic mass is 9.74. The van der Waals surface area contributed by atoms with Gasteiger partial charge in [0.15, 0.2) is 0 Å². The highest BCUT2D eigenvalue weighted by atomic mass is 15.1. The predicted octanol–water partition coefficient (Wildman–Crippen LogP) is 3.40. The Kier molecular flexibility index (Phi) is 4.00. The minimum atomic E-state index is 0.504. The summed E-state index contributed by atoms with van der Waals surface area (Å²) >= 11 is 0. The van der Waals surface area contributed by atoms with Crippen molar-refractivity contribution in [3.63, 3.8) is 0 Å². The Morgan fingerprint density at radius 2 is 2.00 bits per heavy atom. The SMILES string of the molecule is CCC1CC(C)(C)CN(C)CCC1C. The van der Waals surface area contributed by atoms with Gasteiger partial charge in [-0.3, -0.25) is 0 Å². The highest BCUT2D eigenvalue weighted by Crippen LogP contribution is 2.35. The second-order valence-corrected chi connectivity index (χ2v) is 6.04. The first-order valence-electron chi connectivity index (χ1n) is 6.13. The van der Waals surface area contributed by atoms with Gasteiger partial charge in [0, 0.05) is 6.54 Å². The average Bonchev–Trinajstić information content (AvgIpc) is 2.08. The minimum absolute atomic E-state index is 0.504. The van der Waals surface area contributed by atoms with Gasteiger partial charge in [-0.2, -0.15) is 0 Å². The molecule has 1 heterocycles. The zero-order valence-corrected chi connectivity index (χ0v) is 10.6. The van der Waals surface area contributed by atoms with Crippen LogP contribution in [0.2, 0.25) is 0 Å². The molecule has 0 amide bonds. The van der Waals surface area contributed by atoms with Crippen LogP contribution in [0.5, 0.6) is 0 Å². The van der Waals surface area contributed by atoms with E-state index in [0.717, 1.165) is 11.8 Å². The average molecular weight is 197 g/mol. The lowest BCUT2D eigenvalue weighted by Crippen LogP contribution is -2.38. The molecule has 1 aliphatic heterocycles. The molecule has 0 saturated carbocycles. The Bertz CT molecular complexity index is 174. The lowest BCUT2D eigenvalue weighted by molar-refractivity contribution is 0.110. The van der Waals surface area contributed by atoms with Crippen molar-refractivity contribution in [2.45, 2.75) is 47.0 Å². The van der Waals surface area contributed by atoms with Crippen LogP contribution in [-0.4, -0.2) is 25.0 Å². The number of rotatable bonds is 1. The van der Waals surface area contributed by atoms with E-state index in [1.807, 2.05) is 0 Å². The van der Waals surface area contributed by atoms with E-state index in [4.69, 9.17) is 0 Å². The molecule has 0 bridgehead atoms. The van der Waals surface area contributed by atoms with Crippen LogP contribution in [0.25, 0.3) is 0 Å². The second kappa shape index (κ2) is 4.65. The minimum Gasteiger partial charge on any atom is -0.306 e. The van der Waals surface area contributed by atoms with E-state index in [-0.39, 0.29) is 0 Å². The van der Waals surface area contributed by atoms with Gasteiger partial charge < -0.3 is 4.90 Å². The van der Waals surface area contributed by atoms with Gasteiger partial charge in [-0.15, -0.1) is 0 Å². The van der Waals surface area contributed by atoms with Crippen molar-refractivity contribution in [3.8, 4) is 0 Å². The van der Waals surface area contributed by atoms with Crippen LogP contribution < -0.4 is 0 Å². The molecule has 14 heavy (non-hydrogen) atoms. The third-order valence-electron chi connectivity index (χ3n) is 3.81. The van der Waals surface area contributed by atoms with Crippen molar-refractivity contribution in [3.05, 3.63) is 0 Å². The van der Waals surface area contributed by atoms with Crippen LogP contribution >= 0.6 is 0 Å². The summed E-state index contributed by atoms with van der Waals surface area (Å²) in [5, 5.41) is 0. The molecule has 0 radical (unpaired) electrons. The lowest BCUT2D eigenvalue weighted by Gasteiger charge is -2.39. The number of nitrogens with zero attached hydrogens (tertiary/aromatic N) is 1. The Morgan fingerprint density at radius 3 is 2.57 bits per heavy atom. The Labute approximate surface area is 89.9 Å². The smallest absolute Gasteiger partial charge is 0.00297 e. The van der Waals surface area contributed by atoms with Crippen LogP contribution in [-0.2, 0) is 0 Å². The fraction of sp³-hybridized carbons (Fsp3) is 1.00. The van der Waals surface area contributed by atoms with Crippen LogP contribution in [0.4, 0.5) is 0 Å². The monoisotopic (exact) mass is 197 g/mol. The van der Waals surface area contributed by atoms with E-state index in [1.54, 1.807) is 0 Å². The van der Waals surface area contributed by atoms with Gasteiger partial charge in [0.1, 0.15) is 0 Å². The van der Waals surface area contributed by atoms with Gasteiger partial charge >= 0.3 is 0 Å². The molecule has 0 aromatic heterocycles. The molecule has 0 aromatic carbocycles. The van der Waals surface area contributed by atoms with E-state index in [1.165, 1.54) is 32.4 Å². The Balaban J connectivity index is 2.66. The van der Waals surface area contributed by atoms with Gasteiger partial charge in [0.25, 0.3) is 0 Å². The predicted molar refractivity (Wildman–Crippen MR) is 63.5 cm³/mol. The molecule has 0 aromatic rings. The summed E-state index contributed by atoms with van der Waals surface area (Å²) in [5.41, 5.74) is 0.504. The fourth-order valence-corrected chi connectivity index (χ4v) is 2.99. The maximum Gasteiger partial charge on any atom is 0.00297 e. The molecule has 1 heteroatoms. The normalized spacial score (nSPS) is 34.9. The van der Waals surface area contributed by atoms with Gasteiger partial charge in [-0.25, -0.2) is 0 Å². The summed E-state index contributed by atoms with van der Waals surface area (Å²) in [7, 11) is 2.26. The quantitative estimate of drug-likeness (QED) is 0.623. The van der Waals surface area contributed by atoms with Crippen molar-refractivity contribution in [1.29, 1.82) is 0 Å². The molecule has 1 nitrogen and oxygen atoms in total. The molecule has 0 spiro atoms.